The minimum absolute atomic E-state index is 0.00986. The molecular weight excluding hydrogens is 284 g/mol. The number of amides is 1. The maximum Gasteiger partial charge on any atom is 0.260 e. The Morgan fingerprint density at radius 1 is 1.48 bits per heavy atom. The maximum atomic E-state index is 12.3. The van der Waals surface area contributed by atoms with Crippen molar-refractivity contribution in [2.24, 2.45) is 5.73 Å². The number of rotatable bonds is 8. The summed E-state index contributed by atoms with van der Waals surface area (Å²) in [5, 5.41) is 0. The summed E-state index contributed by atoms with van der Waals surface area (Å²) in [4.78, 5) is 14.6. The van der Waals surface area contributed by atoms with Crippen molar-refractivity contribution in [3.05, 3.63) is 29.8 Å². The van der Waals surface area contributed by atoms with Gasteiger partial charge in [0.05, 0.1) is 4.99 Å². The highest BCUT2D eigenvalue weighted by molar-refractivity contribution is 7.80. The molecule has 4 nitrogen and oxygen atoms in total. The average molecular weight is 306 g/mol. The molecule has 0 heterocycles. The number of carbonyl (C=O) groups is 1. The van der Waals surface area contributed by atoms with Crippen LogP contribution < -0.4 is 10.5 Å². The second kappa shape index (κ2) is 7.41. The summed E-state index contributed by atoms with van der Waals surface area (Å²) in [7, 11) is 0. The van der Waals surface area contributed by atoms with Gasteiger partial charge in [-0.15, -0.1) is 0 Å². The minimum atomic E-state index is 0.00986. The van der Waals surface area contributed by atoms with E-state index in [-0.39, 0.29) is 12.5 Å². The molecule has 2 rings (SSSR count). The fourth-order valence-corrected chi connectivity index (χ4v) is 2.30. The van der Waals surface area contributed by atoms with Crippen LogP contribution in [-0.2, 0) is 11.2 Å². The topological polar surface area (TPSA) is 55.6 Å². The van der Waals surface area contributed by atoms with E-state index in [1.54, 1.807) is 0 Å². The molecule has 2 N–H and O–H groups in total. The highest BCUT2D eigenvalue weighted by atomic mass is 32.1. The Morgan fingerprint density at radius 2 is 2.24 bits per heavy atom. The van der Waals surface area contributed by atoms with E-state index in [1.807, 2.05) is 29.2 Å². The Bertz CT molecular complexity index is 515. The molecule has 114 valence electrons. The molecule has 0 unspecified atom stereocenters. The molecule has 1 aromatic carbocycles. The van der Waals surface area contributed by atoms with Crippen LogP contribution in [0.3, 0.4) is 0 Å². The predicted molar refractivity (Wildman–Crippen MR) is 87.5 cm³/mol. The number of ether oxygens (including phenoxy) is 1. The molecule has 0 aromatic heterocycles. The summed E-state index contributed by atoms with van der Waals surface area (Å²) < 4.78 is 5.62. The van der Waals surface area contributed by atoms with Crippen LogP contribution in [0.15, 0.2) is 24.3 Å². The molecule has 0 atom stereocenters. The fraction of sp³-hybridized carbons (Fsp3) is 0.500. The van der Waals surface area contributed by atoms with E-state index in [9.17, 15) is 4.79 Å². The number of carbonyl (C=O) groups excluding carboxylic acids is 1. The molecule has 1 amide bonds. The standard InChI is InChI=1S/C16H22N2O2S/c1-2-12-4-3-5-14(10-12)20-11-16(19)18(13-6-7-13)9-8-15(17)21/h3-5,10,13H,2,6-9,11H2,1H3,(H2,17,21). The number of hydrogen-bond acceptors (Lipinski definition) is 3. The third kappa shape index (κ3) is 5.01. The van der Waals surface area contributed by atoms with E-state index < -0.39 is 0 Å². The lowest BCUT2D eigenvalue weighted by molar-refractivity contribution is -0.133. The van der Waals surface area contributed by atoms with Crippen molar-refractivity contribution in [3.63, 3.8) is 0 Å². The van der Waals surface area contributed by atoms with Crippen molar-refractivity contribution < 1.29 is 9.53 Å². The van der Waals surface area contributed by atoms with Gasteiger partial charge in [-0.3, -0.25) is 4.79 Å². The number of hydrogen-bond donors (Lipinski definition) is 1. The second-order valence-electron chi connectivity index (χ2n) is 5.32. The molecule has 1 fully saturated rings. The second-order valence-corrected chi connectivity index (χ2v) is 5.85. The Balaban J connectivity index is 1.87. The Kier molecular flexibility index (Phi) is 5.56. The van der Waals surface area contributed by atoms with E-state index >= 15 is 0 Å². The van der Waals surface area contributed by atoms with Gasteiger partial charge >= 0.3 is 0 Å². The number of nitrogens with two attached hydrogens (primary N) is 1. The van der Waals surface area contributed by atoms with Crippen molar-refractivity contribution in [2.75, 3.05) is 13.2 Å². The van der Waals surface area contributed by atoms with Crippen LogP contribution in [0, 0.1) is 0 Å². The van der Waals surface area contributed by atoms with Gasteiger partial charge in [0.25, 0.3) is 5.91 Å². The molecule has 0 saturated heterocycles. The van der Waals surface area contributed by atoms with E-state index in [0.717, 1.165) is 25.0 Å². The molecule has 1 saturated carbocycles. The summed E-state index contributed by atoms with van der Waals surface area (Å²) in [5.41, 5.74) is 6.72. The lowest BCUT2D eigenvalue weighted by Gasteiger charge is -2.22. The van der Waals surface area contributed by atoms with E-state index in [1.165, 1.54) is 5.56 Å². The highest BCUT2D eigenvalue weighted by Crippen LogP contribution is 2.27. The molecule has 1 aliphatic carbocycles. The molecule has 0 aliphatic heterocycles. The third-order valence-corrected chi connectivity index (χ3v) is 3.78. The zero-order valence-corrected chi connectivity index (χ0v) is 13.2. The normalized spacial score (nSPS) is 13.8. The first kappa shape index (κ1) is 15.8. The zero-order chi connectivity index (χ0) is 15.2. The average Bonchev–Trinajstić information content (AvgIpc) is 3.30. The minimum Gasteiger partial charge on any atom is -0.484 e. The van der Waals surface area contributed by atoms with E-state index in [2.05, 4.69) is 6.92 Å². The Hall–Kier alpha value is -1.62. The molecule has 1 aliphatic rings. The Morgan fingerprint density at radius 3 is 2.86 bits per heavy atom. The lowest BCUT2D eigenvalue weighted by atomic mass is 10.2. The molecule has 0 bridgehead atoms. The van der Waals surface area contributed by atoms with Crippen LogP contribution in [-0.4, -0.2) is 35.0 Å². The van der Waals surface area contributed by atoms with Gasteiger partial charge in [0, 0.05) is 19.0 Å². The first-order chi connectivity index (χ1) is 10.1. The summed E-state index contributed by atoms with van der Waals surface area (Å²) in [5.74, 6) is 0.753. The van der Waals surface area contributed by atoms with Crippen LogP contribution in [0.25, 0.3) is 0 Å². The van der Waals surface area contributed by atoms with Crippen molar-refractivity contribution >= 4 is 23.1 Å². The van der Waals surface area contributed by atoms with Gasteiger partial charge in [-0.2, -0.15) is 0 Å². The summed E-state index contributed by atoms with van der Waals surface area (Å²) in [6, 6.07) is 8.20. The smallest absolute Gasteiger partial charge is 0.260 e. The van der Waals surface area contributed by atoms with Gasteiger partial charge in [0.15, 0.2) is 6.61 Å². The van der Waals surface area contributed by atoms with Crippen molar-refractivity contribution in [2.45, 2.75) is 38.6 Å². The first-order valence-corrected chi connectivity index (χ1v) is 7.80. The molecular formula is C16H22N2O2S. The summed E-state index contributed by atoms with van der Waals surface area (Å²) in [6.45, 7) is 2.76. The zero-order valence-electron chi connectivity index (χ0n) is 12.4. The Labute approximate surface area is 131 Å². The quantitative estimate of drug-likeness (QED) is 0.749. The van der Waals surface area contributed by atoms with Crippen LogP contribution >= 0.6 is 12.2 Å². The maximum absolute atomic E-state index is 12.3. The molecule has 0 radical (unpaired) electrons. The van der Waals surface area contributed by atoms with Crippen LogP contribution in [0.4, 0.5) is 0 Å². The highest BCUT2D eigenvalue weighted by Gasteiger charge is 2.32. The van der Waals surface area contributed by atoms with Gasteiger partial charge in [0.2, 0.25) is 0 Å². The fourth-order valence-electron chi connectivity index (χ4n) is 2.21. The van der Waals surface area contributed by atoms with E-state index in [4.69, 9.17) is 22.7 Å². The largest absolute Gasteiger partial charge is 0.484 e. The van der Waals surface area contributed by atoms with Crippen molar-refractivity contribution in [1.82, 2.24) is 4.90 Å². The van der Waals surface area contributed by atoms with E-state index in [0.29, 0.717) is 24.0 Å². The number of benzene rings is 1. The van der Waals surface area contributed by atoms with Gasteiger partial charge in [-0.1, -0.05) is 31.3 Å². The van der Waals surface area contributed by atoms with Gasteiger partial charge in [-0.05, 0) is 37.0 Å². The summed E-state index contributed by atoms with van der Waals surface area (Å²) >= 11 is 4.88. The van der Waals surface area contributed by atoms with Gasteiger partial charge in [0.1, 0.15) is 5.75 Å². The summed E-state index contributed by atoms with van der Waals surface area (Å²) in [6.07, 6.45) is 3.65. The molecule has 1 aromatic rings. The van der Waals surface area contributed by atoms with Gasteiger partial charge in [-0.25, -0.2) is 0 Å². The molecule has 21 heavy (non-hydrogen) atoms. The third-order valence-electron chi connectivity index (χ3n) is 3.58. The van der Waals surface area contributed by atoms with Gasteiger partial charge < -0.3 is 15.4 Å². The van der Waals surface area contributed by atoms with Crippen LogP contribution in [0.2, 0.25) is 0 Å². The number of nitrogens with zero attached hydrogens (tertiary/aromatic N) is 1. The SMILES string of the molecule is CCc1cccc(OCC(=O)N(CCC(N)=S)C2CC2)c1. The predicted octanol–water partition coefficient (Wildman–Crippen LogP) is 2.30. The van der Waals surface area contributed by atoms with Crippen LogP contribution in [0.5, 0.6) is 5.75 Å². The monoisotopic (exact) mass is 306 g/mol. The van der Waals surface area contributed by atoms with Crippen LogP contribution in [0.1, 0.15) is 31.7 Å². The van der Waals surface area contributed by atoms with Crippen molar-refractivity contribution in [3.8, 4) is 5.75 Å². The van der Waals surface area contributed by atoms with Crippen molar-refractivity contribution in [1.29, 1.82) is 0 Å². The first-order valence-electron chi connectivity index (χ1n) is 7.39. The number of thiocarbonyl (C=S) groups is 1. The number of aryl methyl sites for hydroxylation is 1. The lowest BCUT2D eigenvalue weighted by Crippen LogP contribution is -2.38. The molecule has 0 spiro atoms. The molecule has 5 heteroatoms.